The highest BCUT2D eigenvalue weighted by Gasteiger charge is 2.12. The van der Waals surface area contributed by atoms with Crippen LogP contribution in [0.15, 0.2) is 52.9 Å². The van der Waals surface area contributed by atoms with Crippen LogP contribution >= 0.6 is 22.9 Å². The Morgan fingerprint density at radius 2 is 2.12 bits per heavy atom. The maximum atomic E-state index is 13.2. The summed E-state index contributed by atoms with van der Waals surface area (Å²) in [6.07, 6.45) is 1.36. The van der Waals surface area contributed by atoms with Gasteiger partial charge in [0.15, 0.2) is 0 Å². The normalized spacial score (nSPS) is 11.0. The predicted molar refractivity (Wildman–Crippen MR) is 102 cm³/mol. The minimum atomic E-state index is -1.22. The Bertz CT molecular complexity index is 990. The van der Waals surface area contributed by atoms with Gasteiger partial charge in [-0.25, -0.2) is 19.2 Å². The lowest BCUT2D eigenvalue weighted by atomic mass is 10.1. The molecular weight excluding hydrogens is 377 g/mol. The molecule has 26 heavy (non-hydrogen) atoms. The lowest BCUT2D eigenvalue weighted by molar-refractivity contribution is 0.0696. The second-order valence-electron chi connectivity index (χ2n) is 5.30. The zero-order valence-corrected chi connectivity index (χ0v) is 15.1. The van der Waals surface area contributed by atoms with Gasteiger partial charge >= 0.3 is 5.97 Å². The van der Waals surface area contributed by atoms with E-state index >= 15 is 0 Å². The fraction of sp³-hybridized carbons (Fsp3) is 0.0556. The monoisotopic (exact) mass is 389 g/mol. The van der Waals surface area contributed by atoms with Crippen molar-refractivity contribution in [2.75, 3.05) is 12.1 Å². The summed E-state index contributed by atoms with van der Waals surface area (Å²) in [4.78, 5) is 15.7. The first-order chi connectivity index (χ1) is 12.5. The van der Waals surface area contributed by atoms with E-state index in [1.54, 1.807) is 13.1 Å². The van der Waals surface area contributed by atoms with Gasteiger partial charge in [-0.2, -0.15) is 5.10 Å². The molecule has 0 aliphatic heterocycles. The summed E-state index contributed by atoms with van der Waals surface area (Å²) < 4.78 is 13.2. The standard InChI is InChI=1S/C18H13ClFN3O2S/c1-23(21-9-11-6-7-12(20)8-14(11)17(24)25)18-22-16(10-26-18)13-4-2-3-5-15(13)19/h2-10H,1H3,(H,24,25)/b21-9+. The highest BCUT2D eigenvalue weighted by molar-refractivity contribution is 7.14. The Balaban J connectivity index is 1.83. The molecule has 0 spiro atoms. The molecule has 0 unspecified atom stereocenters. The quantitative estimate of drug-likeness (QED) is 0.504. The highest BCUT2D eigenvalue weighted by atomic mass is 35.5. The van der Waals surface area contributed by atoms with Crippen LogP contribution in [0.1, 0.15) is 15.9 Å². The molecule has 1 N–H and O–H groups in total. The van der Waals surface area contributed by atoms with Crippen LogP contribution < -0.4 is 5.01 Å². The second-order valence-corrected chi connectivity index (χ2v) is 6.54. The average Bonchev–Trinajstić information content (AvgIpc) is 3.10. The minimum Gasteiger partial charge on any atom is -0.478 e. The summed E-state index contributed by atoms with van der Waals surface area (Å²) in [6.45, 7) is 0. The molecule has 0 fully saturated rings. The van der Waals surface area contributed by atoms with Gasteiger partial charge in [0.25, 0.3) is 0 Å². The van der Waals surface area contributed by atoms with Crippen LogP contribution in [0.3, 0.4) is 0 Å². The molecule has 1 heterocycles. The smallest absolute Gasteiger partial charge is 0.336 e. The number of aromatic carboxylic acids is 1. The van der Waals surface area contributed by atoms with Crippen LogP contribution in [0.4, 0.5) is 9.52 Å². The van der Waals surface area contributed by atoms with Gasteiger partial charge in [0.2, 0.25) is 5.13 Å². The number of carboxylic acid groups (broad SMARTS) is 1. The van der Waals surface area contributed by atoms with Gasteiger partial charge < -0.3 is 5.11 Å². The number of halogens is 2. The summed E-state index contributed by atoms with van der Waals surface area (Å²) in [5.41, 5.74) is 1.69. The van der Waals surface area contributed by atoms with Crippen LogP contribution in [-0.4, -0.2) is 29.3 Å². The van der Waals surface area contributed by atoms with Crippen LogP contribution in [0, 0.1) is 5.82 Å². The van der Waals surface area contributed by atoms with E-state index in [-0.39, 0.29) is 5.56 Å². The summed E-state index contributed by atoms with van der Waals surface area (Å²) in [6, 6.07) is 10.9. The van der Waals surface area contributed by atoms with Gasteiger partial charge in [0.05, 0.1) is 17.5 Å². The average molecular weight is 390 g/mol. The lowest BCUT2D eigenvalue weighted by Gasteiger charge is -2.08. The number of anilines is 1. The summed E-state index contributed by atoms with van der Waals surface area (Å²) in [7, 11) is 1.69. The number of hydrogen-bond acceptors (Lipinski definition) is 5. The fourth-order valence-electron chi connectivity index (χ4n) is 2.23. The molecule has 0 radical (unpaired) electrons. The van der Waals surface area contributed by atoms with Crippen molar-refractivity contribution in [3.8, 4) is 11.3 Å². The van der Waals surface area contributed by atoms with E-state index in [0.29, 0.717) is 15.7 Å². The molecule has 3 aromatic rings. The minimum absolute atomic E-state index is 0.155. The van der Waals surface area contributed by atoms with E-state index in [0.717, 1.165) is 17.3 Å². The molecule has 0 saturated heterocycles. The van der Waals surface area contributed by atoms with Crippen LogP contribution in [0.25, 0.3) is 11.3 Å². The van der Waals surface area contributed by atoms with Crippen molar-refractivity contribution in [3.05, 3.63) is 69.8 Å². The van der Waals surface area contributed by atoms with Crippen LogP contribution in [0.2, 0.25) is 5.02 Å². The molecular formula is C18H13ClFN3O2S. The van der Waals surface area contributed by atoms with Gasteiger partial charge in [-0.05, 0) is 24.3 Å². The first-order valence-electron chi connectivity index (χ1n) is 7.46. The first-order valence-corrected chi connectivity index (χ1v) is 8.72. The number of hydrazone groups is 1. The van der Waals surface area contributed by atoms with Gasteiger partial charge in [0.1, 0.15) is 5.82 Å². The molecule has 0 atom stereocenters. The summed E-state index contributed by atoms with van der Waals surface area (Å²) in [5.74, 6) is -1.83. The molecule has 0 aliphatic rings. The van der Waals surface area contributed by atoms with Crippen molar-refractivity contribution in [2.45, 2.75) is 0 Å². The van der Waals surface area contributed by atoms with Crippen molar-refractivity contribution < 1.29 is 14.3 Å². The lowest BCUT2D eigenvalue weighted by Crippen LogP contribution is -2.10. The number of hydrogen-bond donors (Lipinski definition) is 1. The third-order valence-electron chi connectivity index (χ3n) is 3.53. The van der Waals surface area contributed by atoms with E-state index < -0.39 is 11.8 Å². The van der Waals surface area contributed by atoms with Crippen molar-refractivity contribution in [1.29, 1.82) is 0 Å². The van der Waals surface area contributed by atoms with E-state index in [9.17, 15) is 9.18 Å². The number of thiazole rings is 1. The van der Waals surface area contributed by atoms with Gasteiger partial charge in [-0.3, -0.25) is 0 Å². The Kier molecular flexibility index (Phi) is 5.29. The first kappa shape index (κ1) is 18.0. The molecule has 0 bridgehead atoms. The summed E-state index contributed by atoms with van der Waals surface area (Å²) >= 11 is 7.56. The number of nitrogens with zero attached hydrogens (tertiary/aromatic N) is 3. The van der Waals surface area contributed by atoms with Gasteiger partial charge in [-0.15, -0.1) is 11.3 Å². The maximum absolute atomic E-state index is 13.2. The topological polar surface area (TPSA) is 65.8 Å². The summed E-state index contributed by atoms with van der Waals surface area (Å²) in [5, 5.41) is 18.0. The largest absolute Gasteiger partial charge is 0.478 e. The number of carbonyl (C=O) groups is 1. The van der Waals surface area contributed by atoms with Crippen molar-refractivity contribution in [1.82, 2.24) is 4.98 Å². The molecule has 0 amide bonds. The Labute approximate surface area is 158 Å². The number of carboxylic acids is 1. The zero-order chi connectivity index (χ0) is 18.7. The third-order valence-corrected chi connectivity index (χ3v) is 4.77. The second kappa shape index (κ2) is 7.63. The maximum Gasteiger partial charge on any atom is 0.336 e. The van der Waals surface area contributed by atoms with Crippen molar-refractivity contribution in [2.24, 2.45) is 5.10 Å². The SMILES string of the molecule is CN(/N=C/c1ccc(F)cc1C(=O)O)c1nc(-c2ccccc2Cl)cs1. The Hall–Kier alpha value is -2.77. The molecule has 3 rings (SSSR count). The van der Waals surface area contributed by atoms with Crippen molar-refractivity contribution in [3.63, 3.8) is 0 Å². The van der Waals surface area contributed by atoms with E-state index in [1.807, 2.05) is 23.6 Å². The molecule has 5 nitrogen and oxygen atoms in total. The number of rotatable bonds is 5. The van der Waals surface area contributed by atoms with E-state index in [1.165, 1.54) is 34.7 Å². The molecule has 0 aliphatic carbocycles. The molecule has 0 saturated carbocycles. The van der Waals surface area contributed by atoms with Gasteiger partial charge in [-0.1, -0.05) is 29.8 Å². The number of aromatic nitrogens is 1. The molecule has 8 heteroatoms. The highest BCUT2D eigenvalue weighted by Crippen LogP contribution is 2.31. The molecule has 132 valence electrons. The van der Waals surface area contributed by atoms with E-state index in [2.05, 4.69) is 10.1 Å². The zero-order valence-electron chi connectivity index (χ0n) is 13.6. The molecule has 2 aromatic carbocycles. The number of benzene rings is 2. The van der Waals surface area contributed by atoms with E-state index in [4.69, 9.17) is 16.7 Å². The fourth-order valence-corrected chi connectivity index (χ4v) is 3.21. The molecule has 1 aromatic heterocycles. The van der Waals surface area contributed by atoms with Crippen LogP contribution in [0.5, 0.6) is 0 Å². The van der Waals surface area contributed by atoms with Crippen molar-refractivity contribution >= 4 is 40.3 Å². The third kappa shape index (κ3) is 3.89. The predicted octanol–water partition coefficient (Wildman–Crippen LogP) is 4.77. The Morgan fingerprint density at radius 1 is 1.35 bits per heavy atom. The van der Waals surface area contributed by atoms with Gasteiger partial charge in [0, 0.05) is 28.6 Å². The van der Waals surface area contributed by atoms with Crippen LogP contribution in [-0.2, 0) is 0 Å². The Morgan fingerprint density at radius 3 is 2.85 bits per heavy atom.